The Morgan fingerprint density at radius 2 is 2.20 bits per heavy atom. The predicted octanol–water partition coefficient (Wildman–Crippen LogP) is 1.78. The van der Waals surface area contributed by atoms with Crippen molar-refractivity contribution in [2.75, 3.05) is 13.1 Å². The molecule has 0 aromatic heterocycles. The van der Waals surface area contributed by atoms with E-state index in [0.717, 1.165) is 13.0 Å². The summed E-state index contributed by atoms with van der Waals surface area (Å²) < 4.78 is 10.8. The van der Waals surface area contributed by atoms with Gasteiger partial charge in [-0.1, -0.05) is 0 Å². The molecule has 86 valence electrons. The first-order valence-electron chi connectivity index (χ1n) is 5.46. The van der Waals surface area contributed by atoms with E-state index >= 15 is 0 Å². The third-order valence-corrected chi connectivity index (χ3v) is 2.85. The van der Waals surface area contributed by atoms with Crippen LogP contribution in [0.2, 0.25) is 0 Å². The quantitative estimate of drug-likeness (QED) is 0.576. The van der Waals surface area contributed by atoms with Gasteiger partial charge in [0.15, 0.2) is 0 Å². The van der Waals surface area contributed by atoms with E-state index in [0.29, 0.717) is 12.6 Å². The van der Waals surface area contributed by atoms with Gasteiger partial charge < -0.3 is 14.4 Å². The molecule has 2 rings (SSSR count). The standard InChI is InChI=1S/C11H19NO3/c1-10(2,3)15-9(13)12-6-5-8-11(4,7-12)14-8/h8H,5-7H2,1-4H3/t8-,11+/m1/s1. The van der Waals surface area contributed by atoms with Gasteiger partial charge in [-0.15, -0.1) is 0 Å². The van der Waals surface area contributed by atoms with Crippen LogP contribution >= 0.6 is 0 Å². The summed E-state index contributed by atoms with van der Waals surface area (Å²) in [7, 11) is 0. The highest BCUT2D eigenvalue weighted by Gasteiger charge is 2.56. The van der Waals surface area contributed by atoms with Gasteiger partial charge in [0.25, 0.3) is 0 Å². The number of carbonyl (C=O) groups excluding carboxylic acids is 1. The Morgan fingerprint density at radius 1 is 1.53 bits per heavy atom. The SMILES string of the molecule is CC(C)(C)OC(=O)N1CC[C@H]2O[C@@]2(C)C1. The number of nitrogens with zero attached hydrogens (tertiary/aromatic N) is 1. The Balaban J connectivity index is 1.91. The maximum absolute atomic E-state index is 11.8. The lowest BCUT2D eigenvalue weighted by molar-refractivity contribution is 0.0198. The Morgan fingerprint density at radius 3 is 2.73 bits per heavy atom. The molecule has 1 amide bonds. The van der Waals surface area contributed by atoms with Gasteiger partial charge in [-0.25, -0.2) is 4.79 Å². The molecule has 2 saturated heterocycles. The van der Waals surface area contributed by atoms with Crippen LogP contribution < -0.4 is 0 Å². The lowest BCUT2D eigenvalue weighted by Crippen LogP contribution is -2.45. The summed E-state index contributed by atoms with van der Waals surface area (Å²) >= 11 is 0. The number of carbonyl (C=O) groups is 1. The molecule has 2 atom stereocenters. The third-order valence-electron chi connectivity index (χ3n) is 2.85. The fraction of sp³-hybridized carbons (Fsp3) is 0.909. The summed E-state index contributed by atoms with van der Waals surface area (Å²) in [5.41, 5.74) is -0.519. The molecular weight excluding hydrogens is 194 g/mol. The number of hydrogen-bond acceptors (Lipinski definition) is 3. The molecule has 4 heteroatoms. The molecule has 0 unspecified atom stereocenters. The van der Waals surface area contributed by atoms with Gasteiger partial charge in [0.05, 0.1) is 12.6 Å². The Labute approximate surface area is 90.5 Å². The van der Waals surface area contributed by atoms with Crippen LogP contribution in [0.4, 0.5) is 4.79 Å². The number of rotatable bonds is 0. The van der Waals surface area contributed by atoms with E-state index in [-0.39, 0.29) is 11.7 Å². The number of likely N-dealkylation sites (tertiary alicyclic amines) is 1. The van der Waals surface area contributed by atoms with E-state index in [4.69, 9.17) is 9.47 Å². The topological polar surface area (TPSA) is 42.1 Å². The Kier molecular flexibility index (Phi) is 2.23. The lowest BCUT2D eigenvalue weighted by atomic mass is 10.0. The molecule has 0 aromatic rings. The molecule has 2 aliphatic rings. The van der Waals surface area contributed by atoms with Gasteiger partial charge in [0.1, 0.15) is 11.2 Å². The first kappa shape index (κ1) is 10.7. The molecule has 2 aliphatic heterocycles. The van der Waals surface area contributed by atoms with Crippen molar-refractivity contribution >= 4 is 6.09 Å². The molecule has 0 bridgehead atoms. The molecule has 0 aromatic carbocycles. The van der Waals surface area contributed by atoms with Gasteiger partial charge in [-0.2, -0.15) is 0 Å². The third kappa shape index (κ3) is 2.25. The van der Waals surface area contributed by atoms with Crippen LogP contribution in [0.25, 0.3) is 0 Å². The van der Waals surface area contributed by atoms with Crippen LogP contribution in [0.5, 0.6) is 0 Å². The first-order chi connectivity index (χ1) is 6.80. The lowest BCUT2D eigenvalue weighted by Gasteiger charge is -2.30. The Bertz CT molecular complexity index is 284. The molecule has 4 nitrogen and oxygen atoms in total. The van der Waals surface area contributed by atoms with Crippen molar-refractivity contribution < 1.29 is 14.3 Å². The molecule has 0 saturated carbocycles. The van der Waals surface area contributed by atoms with Crippen LogP contribution in [-0.4, -0.2) is 41.4 Å². The van der Waals surface area contributed by atoms with Crippen molar-refractivity contribution in [3.05, 3.63) is 0 Å². The molecular formula is C11H19NO3. The summed E-state index contributed by atoms with van der Waals surface area (Å²) in [6, 6.07) is 0. The van der Waals surface area contributed by atoms with Crippen LogP contribution in [0, 0.1) is 0 Å². The molecule has 2 heterocycles. The minimum Gasteiger partial charge on any atom is -0.444 e. The molecule has 0 radical (unpaired) electrons. The zero-order valence-corrected chi connectivity index (χ0v) is 9.87. The van der Waals surface area contributed by atoms with Gasteiger partial charge in [-0.05, 0) is 34.1 Å². The molecule has 2 fully saturated rings. The minimum absolute atomic E-state index is 0.102. The van der Waals surface area contributed by atoms with Crippen molar-refractivity contribution in [3.8, 4) is 0 Å². The monoisotopic (exact) mass is 213 g/mol. The summed E-state index contributed by atoms with van der Waals surface area (Å²) in [6.07, 6.45) is 1.06. The van der Waals surface area contributed by atoms with Gasteiger partial charge in [-0.3, -0.25) is 0 Å². The molecule has 0 spiro atoms. The Hall–Kier alpha value is -0.770. The normalized spacial score (nSPS) is 34.7. The highest BCUT2D eigenvalue weighted by Crippen LogP contribution is 2.42. The zero-order valence-electron chi connectivity index (χ0n) is 9.87. The largest absolute Gasteiger partial charge is 0.444 e. The van der Waals surface area contributed by atoms with Crippen molar-refractivity contribution in [2.45, 2.75) is 51.4 Å². The predicted molar refractivity (Wildman–Crippen MR) is 55.7 cm³/mol. The van der Waals surface area contributed by atoms with Crippen LogP contribution in [0.3, 0.4) is 0 Å². The van der Waals surface area contributed by atoms with Crippen molar-refractivity contribution in [1.82, 2.24) is 4.90 Å². The van der Waals surface area contributed by atoms with Crippen molar-refractivity contribution in [3.63, 3.8) is 0 Å². The number of amides is 1. The summed E-state index contributed by atoms with van der Waals surface area (Å²) in [5, 5.41) is 0. The van der Waals surface area contributed by atoms with E-state index in [2.05, 4.69) is 0 Å². The van der Waals surface area contributed by atoms with Crippen LogP contribution in [0.15, 0.2) is 0 Å². The fourth-order valence-electron chi connectivity index (χ4n) is 2.01. The number of piperidine rings is 1. The second-order valence-corrected chi connectivity index (χ2v) is 5.61. The highest BCUT2D eigenvalue weighted by atomic mass is 16.6. The van der Waals surface area contributed by atoms with E-state index < -0.39 is 5.60 Å². The smallest absolute Gasteiger partial charge is 0.410 e. The molecule has 15 heavy (non-hydrogen) atoms. The van der Waals surface area contributed by atoms with Gasteiger partial charge in [0.2, 0.25) is 0 Å². The highest BCUT2D eigenvalue weighted by molar-refractivity contribution is 5.68. The summed E-state index contributed by atoms with van der Waals surface area (Å²) in [5.74, 6) is 0. The van der Waals surface area contributed by atoms with Crippen LogP contribution in [-0.2, 0) is 9.47 Å². The van der Waals surface area contributed by atoms with Crippen molar-refractivity contribution in [2.24, 2.45) is 0 Å². The molecule has 0 N–H and O–H groups in total. The van der Waals surface area contributed by atoms with Gasteiger partial charge >= 0.3 is 6.09 Å². The van der Waals surface area contributed by atoms with E-state index in [1.165, 1.54) is 0 Å². The summed E-state index contributed by atoms with van der Waals surface area (Å²) in [6.45, 7) is 9.10. The maximum atomic E-state index is 11.8. The number of hydrogen-bond donors (Lipinski definition) is 0. The average molecular weight is 213 g/mol. The molecule has 0 aliphatic carbocycles. The van der Waals surface area contributed by atoms with Crippen molar-refractivity contribution in [1.29, 1.82) is 0 Å². The average Bonchev–Trinajstić information content (AvgIpc) is 2.71. The number of fused-ring (bicyclic) bond motifs is 1. The second-order valence-electron chi connectivity index (χ2n) is 5.61. The minimum atomic E-state index is -0.417. The maximum Gasteiger partial charge on any atom is 0.410 e. The van der Waals surface area contributed by atoms with E-state index in [9.17, 15) is 4.79 Å². The summed E-state index contributed by atoms with van der Waals surface area (Å²) in [4.78, 5) is 13.5. The second kappa shape index (κ2) is 3.11. The van der Waals surface area contributed by atoms with Gasteiger partial charge in [0, 0.05) is 6.54 Å². The van der Waals surface area contributed by atoms with E-state index in [1.54, 1.807) is 4.90 Å². The zero-order chi connectivity index (χ0) is 11.3. The van der Waals surface area contributed by atoms with E-state index in [1.807, 2.05) is 27.7 Å². The first-order valence-corrected chi connectivity index (χ1v) is 5.46. The number of epoxide rings is 1. The fourth-order valence-corrected chi connectivity index (χ4v) is 2.01. The van der Waals surface area contributed by atoms with Crippen LogP contribution in [0.1, 0.15) is 34.1 Å². The number of ether oxygens (including phenoxy) is 2.